The average molecular weight is 825 g/mol. The number of nitrogens with one attached hydrogen (secondary N) is 7. The molecule has 20 nitrogen and oxygen atoms in total. The van der Waals surface area contributed by atoms with Gasteiger partial charge in [-0.1, -0.05) is 32.0 Å². The first-order valence-corrected chi connectivity index (χ1v) is 19.6. The Kier molecular flexibility index (Phi) is 16.1. The summed E-state index contributed by atoms with van der Waals surface area (Å²) in [4.78, 5) is 104. The second-order valence-corrected chi connectivity index (χ2v) is 15.4. The van der Waals surface area contributed by atoms with Gasteiger partial charge in [-0.15, -0.1) is 0 Å². The summed E-state index contributed by atoms with van der Waals surface area (Å²) < 4.78 is 0. The van der Waals surface area contributed by atoms with Gasteiger partial charge < -0.3 is 62.5 Å². The van der Waals surface area contributed by atoms with Crippen LogP contribution in [0, 0.1) is 5.92 Å². The van der Waals surface area contributed by atoms with Gasteiger partial charge in [-0.3, -0.25) is 28.8 Å². The number of H-pyrrole nitrogens is 2. The fourth-order valence-corrected chi connectivity index (χ4v) is 6.80. The summed E-state index contributed by atoms with van der Waals surface area (Å²) in [5, 5.41) is 43.5. The molecule has 322 valence electrons. The number of fused-ring (bicyclic) bond motifs is 1. The molecule has 1 aliphatic rings. The zero-order valence-corrected chi connectivity index (χ0v) is 33.7. The van der Waals surface area contributed by atoms with Gasteiger partial charge in [0.1, 0.15) is 42.3 Å². The standard InChI is InChI=1S/C39H56N10O10/c1-19(2)13-29(39(58)59)47-35(54)27(14-23-16-42-26-10-7-6-9-25(23)26)45-33(52)20(3)44-34(53)28(15-24-17-41-18-43-24)46-36(55)30-11-8-12-49(30)38(57)32(22(5)51)48-37(56)31(40)21(4)50/h6-7,9-10,16-22,27-32,42,50-51H,8,11-15,40H2,1-5H3,(H,41,43)(H,44,53)(H,45,52)(H,46,55)(H,47,54)(H,48,56)(H,58,59)/t20-,21+,22+,27-,28-,29-,30-,31-,32-/m0/s1. The van der Waals surface area contributed by atoms with Gasteiger partial charge in [0.15, 0.2) is 0 Å². The van der Waals surface area contributed by atoms with Crippen LogP contribution in [-0.2, 0) is 46.4 Å². The smallest absolute Gasteiger partial charge is 0.326 e. The van der Waals surface area contributed by atoms with Gasteiger partial charge in [0.05, 0.1) is 18.5 Å². The van der Waals surface area contributed by atoms with E-state index in [0.29, 0.717) is 17.7 Å². The van der Waals surface area contributed by atoms with Crippen molar-refractivity contribution in [1.29, 1.82) is 0 Å². The van der Waals surface area contributed by atoms with E-state index in [4.69, 9.17) is 5.73 Å². The number of hydrogen-bond acceptors (Lipinski definition) is 11. The lowest BCUT2D eigenvalue weighted by Gasteiger charge is -2.31. The summed E-state index contributed by atoms with van der Waals surface area (Å²) in [6.07, 6.45) is 2.50. The van der Waals surface area contributed by atoms with E-state index in [1.165, 1.54) is 38.2 Å². The van der Waals surface area contributed by atoms with Crippen LogP contribution in [0.5, 0.6) is 0 Å². The third kappa shape index (κ3) is 12.3. The van der Waals surface area contributed by atoms with Gasteiger partial charge in [0, 0.05) is 48.4 Å². The molecule has 3 aromatic rings. The molecule has 0 saturated carbocycles. The van der Waals surface area contributed by atoms with E-state index in [9.17, 15) is 48.9 Å². The third-order valence-corrected chi connectivity index (χ3v) is 10.1. The monoisotopic (exact) mass is 824 g/mol. The number of nitrogens with two attached hydrogens (primary N) is 1. The summed E-state index contributed by atoms with van der Waals surface area (Å²) in [5.74, 6) is -5.94. The lowest BCUT2D eigenvalue weighted by molar-refractivity contribution is -0.144. The number of carbonyl (C=O) groups is 7. The summed E-state index contributed by atoms with van der Waals surface area (Å²) >= 11 is 0. The Morgan fingerprint density at radius 2 is 1.49 bits per heavy atom. The molecule has 0 spiro atoms. The summed E-state index contributed by atoms with van der Waals surface area (Å²) in [5.41, 5.74) is 7.64. The number of imidazole rings is 1. The number of likely N-dealkylation sites (tertiary alicyclic amines) is 1. The van der Waals surface area contributed by atoms with Crippen LogP contribution in [0.4, 0.5) is 0 Å². The molecule has 2 aromatic heterocycles. The Hall–Kier alpha value is -5.86. The van der Waals surface area contributed by atoms with Crippen molar-refractivity contribution in [2.45, 2.75) is 121 Å². The van der Waals surface area contributed by atoms with E-state index in [0.717, 1.165) is 10.9 Å². The summed E-state index contributed by atoms with van der Waals surface area (Å²) in [7, 11) is 0. The number of carbonyl (C=O) groups excluding carboxylic acids is 6. The van der Waals surface area contributed by atoms with Crippen LogP contribution in [0.2, 0.25) is 0 Å². The van der Waals surface area contributed by atoms with Gasteiger partial charge in [-0.2, -0.15) is 0 Å². The SMILES string of the molecule is CC(C)C[C@H](NC(=O)[C@H](Cc1c[nH]c2ccccc12)NC(=O)[C@H](C)NC(=O)[C@H](Cc1cnc[nH]1)NC(=O)[C@@H]1CCCN1C(=O)[C@@H](NC(=O)[C@@H](N)[C@@H](C)O)[C@@H](C)O)C(=O)O. The second kappa shape index (κ2) is 20.7. The van der Waals surface area contributed by atoms with Crippen LogP contribution < -0.4 is 32.3 Å². The van der Waals surface area contributed by atoms with Crippen LogP contribution in [-0.4, -0.2) is 138 Å². The molecule has 59 heavy (non-hydrogen) atoms. The van der Waals surface area contributed by atoms with E-state index in [1.54, 1.807) is 6.20 Å². The maximum atomic E-state index is 13.9. The summed E-state index contributed by atoms with van der Waals surface area (Å²) in [6, 6.07) is -1.66. The Balaban J connectivity index is 1.50. The van der Waals surface area contributed by atoms with Crippen molar-refractivity contribution in [1.82, 2.24) is 46.4 Å². The molecule has 6 amide bonds. The number of carboxylic acids is 1. The first-order valence-electron chi connectivity index (χ1n) is 19.6. The van der Waals surface area contributed by atoms with Gasteiger partial charge in [-0.05, 0) is 57.6 Å². The highest BCUT2D eigenvalue weighted by molar-refractivity contribution is 5.97. The molecule has 0 unspecified atom stereocenters. The van der Waals surface area contributed by atoms with Crippen molar-refractivity contribution in [3.8, 4) is 0 Å². The second-order valence-electron chi connectivity index (χ2n) is 15.4. The molecule has 1 fully saturated rings. The first-order chi connectivity index (χ1) is 27.9. The number of aliphatic carboxylic acids is 1. The highest BCUT2D eigenvalue weighted by atomic mass is 16.4. The van der Waals surface area contributed by atoms with Crippen LogP contribution in [0.25, 0.3) is 10.9 Å². The van der Waals surface area contributed by atoms with Gasteiger partial charge in [0.2, 0.25) is 35.4 Å². The Morgan fingerprint density at radius 1 is 0.831 bits per heavy atom. The molecule has 1 saturated heterocycles. The number of aliphatic hydroxyl groups excluding tert-OH is 2. The minimum Gasteiger partial charge on any atom is -0.480 e. The number of aromatic amines is 2. The van der Waals surface area contributed by atoms with Crippen LogP contribution >= 0.6 is 0 Å². The van der Waals surface area contributed by atoms with Crippen molar-refractivity contribution in [2.24, 2.45) is 11.7 Å². The number of para-hydroxylation sites is 1. The van der Waals surface area contributed by atoms with E-state index in [-0.39, 0.29) is 38.1 Å². The van der Waals surface area contributed by atoms with Crippen LogP contribution in [0.1, 0.15) is 65.1 Å². The molecule has 0 aliphatic carbocycles. The van der Waals surface area contributed by atoms with Crippen molar-refractivity contribution in [2.75, 3.05) is 6.54 Å². The number of hydrogen-bond donors (Lipinski definition) is 11. The Labute approximate surface area is 340 Å². The highest BCUT2D eigenvalue weighted by Gasteiger charge is 2.41. The number of aliphatic hydroxyl groups is 2. The van der Waals surface area contributed by atoms with E-state index >= 15 is 0 Å². The molecule has 1 aliphatic heterocycles. The third-order valence-electron chi connectivity index (χ3n) is 10.1. The topological polar surface area (TPSA) is 314 Å². The zero-order chi connectivity index (χ0) is 43.6. The van der Waals surface area contributed by atoms with Crippen LogP contribution in [0.15, 0.2) is 43.0 Å². The van der Waals surface area contributed by atoms with E-state index in [2.05, 4.69) is 41.5 Å². The first kappa shape index (κ1) is 45.8. The number of carboxylic acid groups (broad SMARTS) is 1. The predicted octanol–water partition coefficient (Wildman–Crippen LogP) is -1.67. The normalized spacial score (nSPS) is 18.1. The lowest BCUT2D eigenvalue weighted by atomic mass is 10.0. The fraction of sp³-hybridized carbons (Fsp3) is 0.538. The lowest BCUT2D eigenvalue weighted by Crippen LogP contribution is -2.61. The molecule has 0 radical (unpaired) electrons. The maximum Gasteiger partial charge on any atom is 0.326 e. The minimum absolute atomic E-state index is 0.0155. The number of amides is 6. The molecule has 3 heterocycles. The fourth-order valence-electron chi connectivity index (χ4n) is 6.80. The van der Waals surface area contributed by atoms with Gasteiger partial charge in [-0.25, -0.2) is 9.78 Å². The molecule has 20 heteroatoms. The Morgan fingerprint density at radius 3 is 2.12 bits per heavy atom. The number of benzene rings is 1. The average Bonchev–Trinajstić information content (AvgIpc) is 3.97. The molecule has 4 rings (SSSR count). The van der Waals surface area contributed by atoms with Crippen molar-refractivity contribution in [3.63, 3.8) is 0 Å². The van der Waals surface area contributed by atoms with Gasteiger partial charge >= 0.3 is 5.97 Å². The van der Waals surface area contributed by atoms with Crippen molar-refractivity contribution >= 4 is 52.3 Å². The zero-order valence-electron chi connectivity index (χ0n) is 33.7. The Bertz CT molecular complexity index is 1950. The van der Waals surface area contributed by atoms with Crippen molar-refractivity contribution < 1.29 is 48.9 Å². The highest BCUT2D eigenvalue weighted by Crippen LogP contribution is 2.21. The number of nitrogens with zero attached hydrogens (tertiary/aromatic N) is 2. The predicted molar refractivity (Wildman–Crippen MR) is 213 cm³/mol. The minimum atomic E-state index is -1.49. The van der Waals surface area contributed by atoms with Crippen molar-refractivity contribution in [3.05, 3.63) is 54.2 Å². The molecule has 1 aromatic carbocycles. The van der Waals surface area contributed by atoms with Gasteiger partial charge in [0.25, 0.3) is 0 Å². The van der Waals surface area contributed by atoms with E-state index < -0.39 is 95.9 Å². The van der Waals surface area contributed by atoms with E-state index in [1.807, 2.05) is 38.1 Å². The molecule has 12 N–H and O–H groups in total. The summed E-state index contributed by atoms with van der Waals surface area (Å²) in [6.45, 7) is 7.69. The quantitative estimate of drug-likeness (QED) is 0.0610. The maximum absolute atomic E-state index is 13.9. The van der Waals surface area contributed by atoms with Crippen LogP contribution in [0.3, 0.4) is 0 Å². The number of rotatable bonds is 20. The molecule has 0 bridgehead atoms. The number of aromatic nitrogens is 3. The largest absolute Gasteiger partial charge is 0.480 e. The molecule has 9 atom stereocenters. The molecular formula is C39H56N10O10. The molecular weight excluding hydrogens is 768 g/mol.